The molecule has 222 valence electrons. The average Bonchev–Trinajstić information content (AvgIpc) is 2.88. The Hall–Kier alpha value is -2.69. The molecule has 2 fully saturated rings. The van der Waals surface area contributed by atoms with Crippen molar-refractivity contribution in [2.45, 2.75) is 116 Å². The van der Waals surface area contributed by atoms with Crippen LogP contribution in [0.5, 0.6) is 0 Å². The van der Waals surface area contributed by atoms with Crippen LogP contribution in [0.15, 0.2) is 0 Å². The van der Waals surface area contributed by atoms with Crippen LogP contribution in [0.3, 0.4) is 0 Å². The van der Waals surface area contributed by atoms with Gasteiger partial charge in [-0.15, -0.1) is 0 Å². The number of hydrogen-bond donors (Lipinski definition) is 4. The maximum Gasteiger partial charge on any atom is 0.318 e. The van der Waals surface area contributed by atoms with Crippen molar-refractivity contribution in [3.63, 3.8) is 0 Å². The normalized spacial score (nSPS) is 19.0. The van der Waals surface area contributed by atoms with E-state index in [1.54, 1.807) is 18.7 Å². The zero-order valence-electron chi connectivity index (χ0n) is 24.6. The largest absolute Gasteiger partial charge is 0.378 e. The zero-order valence-corrected chi connectivity index (χ0v) is 24.6. The fraction of sp³-hybridized carbons (Fsp3) is 0.821. The predicted molar refractivity (Wildman–Crippen MR) is 148 cm³/mol. The topological polar surface area (TPSA) is 146 Å². The molecule has 1 aliphatic carbocycles. The highest BCUT2D eigenvalue weighted by molar-refractivity contribution is 6.38. The van der Waals surface area contributed by atoms with Gasteiger partial charge in [0.25, 0.3) is 5.91 Å². The van der Waals surface area contributed by atoms with E-state index in [1.807, 2.05) is 27.7 Å². The standard InChI is InChI=1S/C28H49N5O6/c1-7-8-12-20(22(34)24(36)30-21(19(2)3)23(35)31-27(4,5)6)29-25(37)28(13-10-9-11-14-28)32-26(38)33-15-17-39-18-16-33/h19-21H,7-18H2,1-6H3,(H,29,37)(H,30,36)(H,31,35)(H,32,38). The third-order valence-corrected chi connectivity index (χ3v) is 7.21. The molecule has 1 saturated heterocycles. The lowest BCUT2D eigenvalue weighted by molar-refractivity contribution is -0.142. The molecule has 0 aromatic rings. The first kappa shape index (κ1) is 32.5. The summed E-state index contributed by atoms with van der Waals surface area (Å²) in [5, 5.41) is 11.2. The van der Waals surface area contributed by atoms with Crippen LogP contribution in [0.1, 0.15) is 92.9 Å². The number of ether oxygens (including phenoxy) is 1. The zero-order chi connectivity index (χ0) is 29.2. The summed E-state index contributed by atoms with van der Waals surface area (Å²) in [6, 6.07) is -2.29. The first-order valence-corrected chi connectivity index (χ1v) is 14.4. The molecule has 2 aliphatic rings. The van der Waals surface area contributed by atoms with Gasteiger partial charge in [0.2, 0.25) is 17.6 Å². The Balaban J connectivity index is 2.18. The van der Waals surface area contributed by atoms with E-state index < -0.39 is 40.8 Å². The highest BCUT2D eigenvalue weighted by Crippen LogP contribution is 2.29. The van der Waals surface area contributed by atoms with Gasteiger partial charge in [0.15, 0.2) is 0 Å². The minimum Gasteiger partial charge on any atom is -0.378 e. The number of morpholine rings is 1. The molecule has 2 rings (SSSR count). The summed E-state index contributed by atoms with van der Waals surface area (Å²) in [4.78, 5) is 67.6. The molecule has 1 heterocycles. The molecule has 5 amide bonds. The second-order valence-corrected chi connectivity index (χ2v) is 12.1. The number of rotatable bonds is 11. The molecule has 4 N–H and O–H groups in total. The van der Waals surface area contributed by atoms with Crippen LogP contribution in [0, 0.1) is 5.92 Å². The summed E-state index contributed by atoms with van der Waals surface area (Å²) in [6.07, 6.45) is 5.07. The SMILES string of the molecule is CCCCC(NC(=O)C1(NC(=O)N2CCOCC2)CCCCC1)C(=O)C(=O)NC(C(=O)NC(C)(C)C)C(C)C. The van der Waals surface area contributed by atoms with Crippen molar-refractivity contribution in [1.29, 1.82) is 0 Å². The number of carbonyl (C=O) groups is 5. The van der Waals surface area contributed by atoms with Gasteiger partial charge in [0.05, 0.1) is 19.3 Å². The molecule has 11 nitrogen and oxygen atoms in total. The second-order valence-electron chi connectivity index (χ2n) is 12.1. The van der Waals surface area contributed by atoms with Gasteiger partial charge in [-0.3, -0.25) is 19.2 Å². The van der Waals surface area contributed by atoms with E-state index in [0.29, 0.717) is 45.6 Å². The van der Waals surface area contributed by atoms with Gasteiger partial charge in [0, 0.05) is 18.6 Å². The van der Waals surface area contributed by atoms with E-state index >= 15 is 0 Å². The molecule has 39 heavy (non-hydrogen) atoms. The number of hydrogen-bond acceptors (Lipinski definition) is 6. The average molecular weight is 552 g/mol. The molecule has 0 spiro atoms. The van der Waals surface area contributed by atoms with Gasteiger partial charge >= 0.3 is 6.03 Å². The monoisotopic (exact) mass is 551 g/mol. The Morgan fingerprint density at radius 3 is 2.10 bits per heavy atom. The van der Waals surface area contributed by atoms with Crippen molar-refractivity contribution in [2.24, 2.45) is 5.92 Å². The summed E-state index contributed by atoms with van der Waals surface area (Å²) in [5.74, 6) is -2.78. The van der Waals surface area contributed by atoms with Crippen molar-refractivity contribution < 1.29 is 28.7 Å². The maximum atomic E-state index is 13.7. The van der Waals surface area contributed by atoms with E-state index in [0.717, 1.165) is 25.7 Å². The predicted octanol–water partition coefficient (Wildman–Crippen LogP) is 2.03. The number of carbonyl (C=O) groups excluding carboxylic acids is 5. The van der Waals surface area contributed by atoms with Crippen LogP contribution in [-0.2, 0) is 23.9 Å². The third kappa shape index (κ3) is 9.77. The summed E-state index contributed by atoms with van der Waals surface area (Å²) in [6.45, 7) is 12.8. The van der Waals surface area contributed by atoms with Crippen LogP contribution < -0.4 is 21.3 Å². The number of amides is 5. The summed E-state index contributed by atoms with van der Waals surface area (Å²) in [7, 11) is 0. The maximum absolute atomic E-state index is 13.7. The molecule has 0 radical (unpaired) electrons. The Labute approximate surface area is 232 Å². The molecule has 2 unspecified atom stereocenters. The van der Waals surface area contributed by atoms with E-state index in [1.165, 1.54) is 0 Å². The lowest BCUT2D eigenvalue weighted by Crippen LogP contribution is -2.65. The van der Waals surface area contributed by atoms with Gasteiger partial charge in [-0.2, -0.15) is 0 Å². The Kier molecular flexibility index (Phi) is 12.2. The van der Waals surface area contributed by atoms with Crippen molar-refractivity contribution in [3.05, 3.63) is 0 Å². The van der Waals surface area contributed by atoms with Crippen LogP contribution >= 0.6 is 0 Å². The molecular formula is C28H49N5O6. The fourth-order valence-electron chi connectivity index (χ4n) is 4.94. The first-order valence-electron chi connectivity index (χ1n) is 14.4. The minimum absolute atomic E-state index is 0.256. The minimum atomic E-state index is -1.15. The van der Waals surface area contributed by atoms with Gasteiger partial charge in [-0.1, -0.05) is 52.9 Å². The molecule has 0 aromatic heterocycles. The quantitative estimate of drug-likeness (QED) is 0.289. The third-order valence-electron chi connectivity index (χ3n) is 7.21. The van der Waals surface area contributed by atoms with E-state index in [4.69, 9.17) is 4.74 Å². The molecule has 1 saturated carbocycles. The van der Waals surface area contributed by atoms with E-state index in [2.05, 4.69) is 21.3 Å². The number of Topliss-reactive ketones (excluding diaryl/α,β-unsaturated/α-hetero) is 1. The van der Waals surface area contributed by atoms with E-state index in [-0.39, 0.29) is 24.3 Å². The molecule has 0 bridgehead atoms. The fourth-order valence-corrected chi connectivity index (χ4v) is 4.94. The van der Waals surface area contributed by atoms with Gasteiger partial charge in [-0.05, 0) is 46.0 Å². The number of unbranched alkanes of at least 4 members (excludes halogenated alkanes) is 1. The number of ketones is 1. The van der Waals surface area contributed by atoms with Crippen LogP contribution in [0.25, 0.3) is 0 Å². The molecular weight excluding hydrogens is 502 g/mol. The van der Waals surface area contributed by atoms with Gasteiger partial charge in [0.1, 0.15) is 11.6 Å². The molecule has 11 heteroatoms. The van der Waals surface area contributed by atoms with E-state index in [9.17, 15) is 24.0 Å². The Bertz CT molecular complexity index is 872. The molecule has 0 aromatic carbocycles. The van der Waals surface area contributed by atoms with Crippen molar-refractivity contribution >= 4 is 29.5 Å². The molecule has 2 atom stereocenters. The van der Waals surface area contributed by atoms with Crippen LogP contribution in [-0.4, -0.2) is 83.9 Å². The summed E-state index contributed by atoms with van der Waals surface area (Å²) in [5.41, 5.74) is -1.65. The van der Waals surface area contributed by atoms with Crippen molar-refractivity contribution in [3.8, 4) is 0 Å². The number of nitrogens with zero attached hydrogens (tertiary/aromatic N) is 1. The molecule has 1 aliphatic heterocycles. The van der Waals surface area contributed by atoms with Crippen LogP contribution in [0.2, 0.25) is 0 Å². The Morgan fingerprint density at radius 2 is 1.56 bits per heavy atom. The number of urea groups is 1. The summed E-state index contributed by atoms with van der Waals surface area (Å²) < 4.78 is 5.33. The summed E-state index contributed by atoms with van der Waals surface area (Å²) >= 11 is 0. The lowest BCUT2D eigenvalue weighted by Gasteiger charge is -2.39. The number of nitrogens with one attached hydrogen (secondary N) is 4. The Morgan fingerprint density at radius 1 is 0.949 bits per heavy atom. The van der Waals surface area contributed by atoms with Crippen LogP contribution in [0.4, 0.5) is 4.79 Å². The van der Waals surface area contributed by atoms with Crippen molar-refractivity contribution in [1.82, 2.24) is 26.2 Å². The first-order chi connectivity index (χ1) is 18.3. The lowest BCUT2D eigenvalue weighted by atomic mass is 9.80. The van der Waals surface area contributed by atoms with Gasteiger partial charge in [-0.25, -0.2) is 4.79 Å². The highest BCUT2D eigenvalue weighted by atomic mass is 16.5. The smallest absolute Gasteiger partial charge is 0.318 e. The van der Waals surface area contributed by atoms with Crippen molar-refractivity contribution in [2.75, 3.05) is 26.3 Å². The highest BCUT2D eigenvalue weighted by Gasteiger charge is 2.44. The second kappa shape index (κ2) is 14.6. The van der Waals surface area contributed by atoms with Gasteiger partial charge < -0.3 is 30.9 Å².